The molecule has 0 aliphatic carbocycles. The molecule has 94 valence electrons. The van der Waals surface area contributed by atoms with Gasteiger partial charge in [-0.05, 0) is 19.2 Å². The molecule has 0 N–H and O–H groups in total. The Kier molecular flexibility index (Phi) is 4.54. The third kappa shape index (κ3) is 3.06. The molecule has 1 atom stereocenters. The van der Waals surface area contributed by atoms with Crippen LogP contribution in [0.5, 0.6) is 0 Å². The Labute approximate surface area is 103 Å². The van der Waals surface area contributed by atoms with Crippen molar-refractivity contribution in [3.63, 3.8) is 0 Å². The molecular formula is C14H21NO2. The molecule has 1 heterocycles. The smallest absolute Gasteiger partial charge is 0.146 e. The Morgan fingerprint density at radius 1 is 1.24 bits per heavy atom. The molecule has 0 aromatic heterocycles. The van der Waals surface area contributed by atoms with Gasteiger partial charge in [0.15, 0.2) is 0 Å². The second kappa shape index (κ2) is 6.15. The number of hydrogen-bond acceptors (Lipinski definition) is 3. The maximum absolute atomic E-state index is 5.43. The summed E-state index contributed by atoms with van der Waals surface area (Å²) in [5, 5.41) is 0. The van der Waals surface area contributed by atoms with Gasteiger partial charge in [-0.25, -0.2) is 0 Å². The predicted octanol–water partition coefficient (Wildman–Crippen LogP) is 2.30. The SMILES string of the molecule is CCN(C)C(c1ccccc1)C1COCOC1. The second-order valence-corrected chi connectivity index (χ2v) is 4.55. The zero-order valence-electron chi connectivity index (χ0n) is 10.6. The van der Waals surface area contributed by atoms with Gasteiger partial charge in [-0.3, -0.25) is 4.90 Å². The molecule has 0 amide bonds. The lowest BCUT2D eigenvalue weighted by molar-refractivity contribution is -0.140. The summed E-state index contributed by atoms with van der Waals surface area (Å²) in [4.78, 5) is 2.36. The van der Waals surface area contributed by atoms with Crippen molar-refractivity contribution in [3.8, 4) is 0 Å². The fourth-order valence-corrected chi connectivity index (χ4v) is 2.42. The number of nitrogens with zero attached hydrogens (tertiary/aromatic N) is 1. The molecule has 2 rings (SSSR count). The first-order valence-electron chi connectivity index (χ1n) is 6.23. The highest BCUT2D eigenvalue weighted by molar-refractivity contribution is 5.20. The maximum atomic E-state index is 5.43. The number of ether oxygens (including phenoxy) is 2. The molecule has 3 heteroatoms. The van der Waals surface area contributed by atoms with E-state index in [0.717, 1.165) is 19.8 Å². The van der Waals surface area contributed by atoms with Gasteiger partial charge in [0.1, 0.15) is 6.79 Å². The van der Waals surface area contributed by atoms with E-state index in [1.807, 2.05) is 0 Å². The minimum atomic E-state index is 0.376. The largest absolute Gasteiger partial charge is 0.355 e. The summed E-state index contributed by atoms with van der Waals surface area (Å²) < 4.78 is 10.9. The van der Waals surface area contributed by atoms with Gasteiger partial charge < -0.3 is 9.47 Å². The van der Waals surface area contributed by atoms with Gasteiger partial charge in [0, 0.05) is 12.0 Å². The molecule has 1 fully saturated rings. The molecule has 0 spiro atoms. The van der Waals surface area contributed by atoms with Gasteiger partial charge in [-0.2, -0.15) is 0 Å². The molecule has 1 aromatic rings. The number of rotatable bonds is 4. The van der Waals surface area contributed by atoms with Crippen LogP contribution in [0, 0.1) is 5.92 Å². The summed E-state index contributed by atoms with van der Waals surface area (Å²) in [6.45, 7) is 5.21. The molecule has 1 aliphatic rings. The van der Waals surface area contributed by atoms with Gasteiger partial charge in [0.25, 0.3) is 0 Å². The average Bonchev–Trinajstić information content (AvgIpc) is 2.41. The summed E-state index contributed by atoms with van der Waals surface area (Å²) in [6.07, 6.45) is 0. The Bertz CT molecular complexity index is 322. The van der Waals surface area contributed by atoms with Crippen LogP contribution in [0.1, 0.15) is 18.5 Å². The fraction of sp³-hybridized carbons (Fsp3) is 0.571. The summed E-state index contributed by atoms with van der Waals surface area (Å²) >= 11 is 0. The van der Waals surface area contributed by atoms with Crippen LogP contribution in [0.4, 0.5) is 0 Å². The van der Waals surface area contributed by atoms with E-state index in [2.05, 4.69) is 49.2 Å². The van der Waals surface area contributed by atoms with Crippen LogP contribution in [-0.4, -0.2) is 38.5 Å². The fourth-order valence-electron chi connectivity index (χ4n) is 2.42. The van der Waals surface area contributed by atoms with Crippen molar-refractivity contribution in [3.05, 3.63) is 35.9 Å². The second-order valence-electron chi connectivity index (χ2n) is 4.55. The average molecular weight is 235 g/mol. The Morgan fingerprint density at radius 2 is 1.88 bits per heavy atom. The normalized spacial score (nSPS) is 19.5. The Balaban J connectivity index is 2.18. The van der Waals surface area contributed by atoms with E-state index in [9.17, 15) is 0 Å². The van der Waals surface area contributed by atoms with Gasteiger partial charge >= 0.3 is 0 Å². The van der Waals surface area contributed by atoms with E-state index >= 15 is 0 Å². The first-order valence-corrected chi connectivity index (χ1v) is 6.23. The molecule has 0 radical (unpaired) electrons. The highest BCUT2D eigenvalue weighted by atomic mass is 16.7. The van der Waals surface area contributed by atoms with E-state index in [1.165, 1.54) is 5.56 Å². The van der Waals surface area contributed by atoms with Crippen LogP contribution >= 0.6 is 0 Å². The van der Waals surface area contributed by atoms with Crippen molar-refractivity contribution in [2.45, 2.75) is 13.0 Å². The molecule has 1 aliphatic heterocycles. The molecule has 17 heavy (non-hydrogen) atoms. The third-order valence-corrected chi connectivity index (χ3v) is 3.39. The zero-order valence-corrected chi connectivity index (χ0v) is 10.6. The third-order valence-electron chi connectivity index (χ3n) is 3.39. The van der Waals surface area contributed by atoms with E-state index in [1.54, 1.807) is 0 Å². The van der Waals surface area contributed by atoms with Crippen molar-refractivity contribution >= 4 is 0 Å². The summed E-state index contributed by atoms with van der Waals surface area (Å²) in [5.41, 5.74) is 1.34. The van der Waals surface area contributed by atoms with Crippen LogP contribution in [0.15, 0.2) is 30.3 Å². The molecule has 0 bridgehead atoms. The predicted molar refractivity (Wildman–Crippen MR) is 67.7 cm³/mol. The zero-order chi connectivity index (χ0) is 12.1. The van der Waals surface area contributed by atoms with Crippen molar-refractivity contribution in [2.75, 3.05) is 33.6 Å². The van der Waals surface area contributed by atoms with Gasteiger partial charge in [-0.15, -0.1) is 0 Å². The molecule has 3 nitrogen and oxygen atoms in total. The van der Waals surface area contributed by atoms with Crippen LogP contribution in [0.25, 0.3) is 0 Å². The summed E-state index contributed by atoms with van der Waals surface area (Å²) in [7, 11) is 2.16. The maximum Gasteiger partial charge on any atom is 0.146 e. The topological polar surface area (TPSA) is 21.7 Å². The van der Waals surface area contributed by atoms with Crippen molar-refractivity contribution < 1.29 is 9.47 Å². The minimum Gasteiger partial charge on any atom is -0.355 e. The van der Waals surface area contributed by atoms with Crippen molar-refractivity contribution in [1.29, 1.82) is 0 Å². The Morgan fingerprint density at radius 3 is 2.47 bits per heavy atom. The van der Waals surface area contributed by atoms with Crippen molar-refractivity contribution in [2.24, 2.45) is 5.92 Å². The number of benzene rings is 1. The number of hydrogen-bond donors (Lipinski definition) is 0. The minimum absolute atomic E-state index is 0.376. The lowest BCUT2D eigenvalue weighted by Gasteiger charge is -2.36. The molecular weight excluding hydrogens is 214 g/mol. The van der Waals surface area contributed by atoms with E-state index in [-0.39, 0.29) is 0 Å². The van der Waals surface area contributed by atoms with E-state index < -0.39 is 0 Å². The summed E-state index contributed by atoms with van der Waals surface area (Å²) in [6, 6.07) is 11.0. The van der Waals surface area contributed by atoms with Gasteiger partial charge in [0.2, 0.25) is 0 Å². The molecule has 1 unspecified atom stereocenters. The summed E-state index contributed by atoms with van der Waals surface area (Å²) in [5.74, 6) is 0.413. The highest BCUT2D eigenvalue weighted by Crippen LogP contribution is 2.29. The van der Waals surface area contributed by atoms with E-state index in [4.69, 9.17) is 9.47 Å². The standard InChI is InChI=1S/C14H21NO2/c1-3-15(2)14(12-7-5-4-6-8-12)13-9-16-11-17-10-13/h4-8,13-14H,3,9-11H2,1-2H3. The van der Waals surface area contributed by atoms with E-state index in [0.29, 0.717) is 18.8 Å². The lowest BCUT2D eigenvalue weighted by atomic mass is 9.92. The first-order chi connectivity index (χ1) is 8.33. The van der Waals surface area contributed by atoms with Crippen LogP contribution in [-0.2, 0) is 9.47 Å². The van der Waals surface area contributed by atoms with Crippen LogP contribution in [0.3, 0.4) is 0 Å². The highest BCUT2D eigenvalue weighted by Gasteiger charge is 2.28. The van der Waals surface area contributed by atoms with Crippen LogP contribution in [0.2, 0.25) is 0 Å². The quantitative estimate of drug-likeness (QED) is 0.799. The first kappa shape index (κ1) is 12.6. The van der Waals surface area contributed by atoms with Crippen molar-refractivity contribution in [1.82, 2.24) is 4.90 Å². The lowest BCUT2D eigenvalue weighted by Crippen LogP contribution is -2.37. The van der Waals surface area contributed by atoms with Gasteiger partial charge in [0.05, 0.1) is 13.2 Å². The molecule has 1 saturated heterocycles. The Hall–Kier alpha value is -0.900. The van der Waals surface area contributed by atoms with Gasteiger partial charge in [-0.1, -0.05) is 37.3 Å². The van der Waals surface area contributed by atoms with Crippen LogP contribution < -0.4 is 0 Å². The molecule has 1 aromatic carbocycles. The molecule has 0 saturated carbocycles. The monoisotopic (exact) mass is 235 g/mol.